The number of hydrogen-bond donors (Lipinski definition) is 3. The van der Waals surface area contributed by atoms with E-state index < -0.39 is 11.8 Å². The molecule has 3 rings (SSSR count). The summed E-state index contributed by atoms with van der Waals surface area (Å²) in [6, 6.07) is 7.36. The third-order valence-corrected chi connectivity index (χ3v) is 4.29. The van der Waals surface area contributed by atoms with Gasteiger partial charge in [0.1, 0.15) is 18.0 Å². The number of aryl methyl sites for hydroxylation is 2. The van der Waals surface area contributed by atoms with Crippen LogP contribution in [0.25, 0.3) is 11.0 Å². The second kappa shape index (κ2) is 7.52. The van der Waals surface area contributed by atoms with Crippen LogP contribution in [0.2, 0.25) is 0 Å². The van der Waals surface area contributed by atoms with Gasteiger partial charge in [-0.25, -0.2) is 0 Å². The molecule has 3 N–H and O–H groups in total. The minimum atomic E-state index is -0.517. The van der Waals surface area contributed by atoms with E-state index in [0.717, 1.165) is 17.4 Å². The summed E-state index contributed by atoms with van der Waals surface area (Å²) in [7, 11) is 0. The van der Waals surface area contributed by atoms with Crippen LogP contribution in [-0.4, -0.2) is 26.6 Å². The van der Waals surface area contributed by atoms with E-state index in [1.165, 1.54) is 0 Å². The van der Waals surface area contributed by atoms with Crippen molar-refractivity contribution in [3.8, 4) is 0 Å². The summed E-state index contributed by atoms with van der Waals surface area (Å²) >= 11 is 5.13. The molecule has 136 valence electrons. The number of hydrazine groups is 1. The van der Waals surface area contributed by atoms with E-state index in [9.17, 15) is 9.59 Å². The minimum absolute atomic E-state index is 0.0376. The van der Waals surface area contributed by atoms with Gasteiger partial charge in [0.2, 0.25) is 0 Å². The lowest BCUT2D eigenvalue weighted by Gasteiger charge is -2.08. The van der Waals surface area contributed by atoms with Gasteiger partial charge in [0.25, 0.3) is 5.91 Å². The SMILES string of the molecule is CCCc1n[nH]c(=S)n1CC(=O)NNC(=O)c1oc2ccccc2c1C. The molecule has 0 bridgehead atoms. The van der Waals surface area contributed by atoms with Crippen molar-refractivity contribution in [3.63, 3.8) is 0 Å². The fourth-order valence-corrected chi connectivity index (χ4v) is 2.90. The van der Waals surface area contributed by atoms with Crippen molar-refractivity contribution >= 4 is 35.0 Å². The van der Waals surface area contributed by atoms with Crippen molar-refractivity contribution in [1.29, 1.82) is 0 Å². The Kier molecular flexibility index (Phi) is 5.17. The summed E-state index contributed by atoms with van der Waals surface area (Å²) < 4.78 is 7.54. The van der Waals surface area contributed by atoms with Gasteiger partial charge >= 0.3 is 5.91 Å². The average molecular weight is 373 g/mol. The summed E-state index contributed by atoms with van der Waals surface area (Å²) in [4.78, 5) is 24.5. The Hall–Kier alpha value is -2.94. The molecule has 2 heterocycles. The van der Waals surface area contributed by atoms with Gasteiger partial charge in [0, 0.05) is 17.4 Å². The molecule has 9 heteroatoms. The van der Waals surface area contributed by atoms with Crippen molar-refractivity contribution in [3.05, 3.63) is 46.2 Å². The summed E-state index contributed by atoms with van der Waals surface area (Å²) in [5.41, 5.74) is 6.09. The van der Waals surface area contributed by atoms with Crippen LogP contribution >= 0.6 is 12.2 Å². The minimum Gasteiger partial charge on any atom is -0.451 e. The lowest BCUT2D eigenvalue weighted by molar-refractivity contribution is -0.122. The monoisotopic (exact) mass is 373 g/mol. The number of para-hydroxylation sites is 1. The van der Waals surface area contributed by atoms with Crippen molar-refractivity contribution in [1.82, 2.24) is 25.6 Å². The second-order valence-electron chi connectivity index (χ2n) is 5.84. The summed E-state index contributed by atoms with van der Waals surface area (Å²) in [6.07, 6.45) is 1.58. The molecule has 2 aromatic heterocycles. The van der Waals surface area contributed by atoms with Gasteiger partial charge < -0.3 is 4.42 Å². The number of furan rings is 1. The highest BCUT2D eigenvalue weighted by Gasteiger charge is 2.18. The van der Waals surface area contributed by atoms with Crippen LogP contribution in [0.1, 0.15) is 35.3 Å². The van der Waals surface area contributed by atoms with E-state index in [1.54, 1.807) is 17.6 Å². The molecule has 0 aliphatic heterocycles. The molecule has 0 aliphatic carbocycles. The second-order valence-corrected chi connectivity index (χ2v) is 6.22. The number of aromatic amines is 1. The van der Waals surface area contributed by atoms with E-state index in [-0.39, 0.29) is 12.3 Å². The third kappa shape index (κ3) is 3.52. The molecule has 2 amide bonds. The first kappa shape index (κ1) is 17.9. The highest BCUT2D eigenvalue weighted by molar-refractivity contribution is 7.71. The van der Waals surface area contributed by atoms with Gasteiger partial charge in [-0.05, 0) is 31.6 Å². The van der Waals surface area contributed by atoms with Gasteiger partial charge in [0.05, 0.1) is 0 Å². The average Bonchev–Trinajstić information content (AvgIpc) is 3.15. The zero-order valence-electron chi connectivity index (χ0n) is 14.5. The van der Waals surface area contributed by atoms with E-state index >= 15 is 0 Å². The van der Waals surface area contributed by atoms with Crippen LogP contribution < -0.4 is 10.9 Å². The maximum atomic E-state index is 12.3. The van der Waals surface area contributed by atoms with E-state index in [4.69, 9.17) is 16.6 Å². The number of carbonyl (C=O) groups is 2. The summed E-state index contributed by atoms with van der Waals surface area (Å²) in [5, 5.41) is 7.63. The largest absolute Gasteiger partial charge is 0.451 e. The van der Waals surface area contributed by atoms with Crippen LogP contribution in [0.15, 0.2) is 28.7 Å². The first-order valence-corrected chi connectivity index (χ1v) is 8.63. The number of nitrogens with zero attached hydrogens (tertiary/aromatic N) is 2. The molecule has 0 saturated carbocycles. The first-order valence-electron chi connectivity index (χ1n) is 8.22. The number of carbonyl (C=O) groups excluding carboxylic acids is 2. The quantitative estimate of drug-likeness (QED) is 0.470. The normalized spacial score (nSPS) is 10.8. The first-order chi connectivity index (χ1) is 12.5. The molecule has 0 atom stereocenters. The predicted molar refractivity (Wildman–Crippen MR) is 98.0 cm³/mol. The number of amides is 2. The van der Waals surface area contributed by atoms with Crippen molar-refractivity contribution < 1.29 is 14.0 Å². The maximum absolute atomic E-state index is 12.3. The molecular weight excluding hydrogens is 354 g/mol. The Balaban J connectivity index is 1.66. The van der Waals surface area contributed by atoms with Crippen LogP contribution in [-0.2, 0) is 17.8 Å². The molecule has 0 aliphatic rings. The van der Waals surface area contributed by atoms with Gasteiger partial charge in [-0.3, -0.25) is 30.1 Å². The number of H-pyrrole nitrogens is 1. The van der Waals surface area contributed by atoms with Crippen molar-refractivity contribution in [2.45, 2.75) is 33.2 Å². The summed E-state index contributed by atoms with van der Waals surface area (Å²) in [6.45, 7) is 3.77. The number of benzene rings is 1. The smallest absolute Gasteiger partial charge is 0.305 e. The number of fused-ring (bicyclic) bond motifs is 1. The van der Waals surface area contributed by atoms with Crippen LogP contribution in [0, 0.1) is 11.7 Å². The van der Waals surface area contributed by atoms with Crippen molar-refractivity contribution in [2.24, 2.45) is 0 Å². The Labute approximate surface area is 154 Å². The zero-order valence-corrected chi connectivity index (χ0v) is 15.3. The lowest BCUT2D eigenvalue weighted by Crippen LogP contribution is -2.43. The topological polar surface area (TPSA) is 105 Å². The summed E-state index contributed by atoms with van der Waals surface area (Å²) in [5.74, 6) is -0.0659. The molecule has 3 aromatic rings. The molecule has 26 heavy (non-hydrogen) atoms. The number of nitrogens with one attached hydrogen (secondary N) is 3. The number of hydrogen-bond acceptors (Lipinski definition) is 5. The van der Waals surface area contributed by atoms with Gasteiger partial charge in [-0.1, -0.05) is 25.1 Å². The zero-order chi connectivity index (χ0) is 18.7. The van der Waals surface area contributed by atoms with Gasteiger partial charge in [0.15, 0.2) is 10.5 Å². The van der Waals surface area contributed by atoms with Gasteiger partial charge in [-0.2, -0.15) is 5.10 Å². The molecule has 0 unspecified atom stereocenters. The Morgan fingerprint density at radius 1 is 1.31 bits per heavy atom. The Morgan fingerprint density at radius 3 is 2.81 bits per heavy atom. The van der Waals surface area contributed by atoms with E-state index in [1.807, 2.05) is 25.1 Å². The molecule has 8 nitrogen and oxygen atoms in total. The van der Waals surface area contributed by atoms with Crippen molar-refractivity contribution in [2.75, 3.05) is 0 Å². The van der Waals surface area contributed by atoms with Crippen LogP contribution in [0.5, 0.6) is 0 Å². The van der Waals surface area contributed by atoms with E-state index in [2.05, 4.69) is 21.0 Å². The van der Waals surface area contributed by atoms with Gasteiger partial charge in [-0.15, -0.1) is 0 Å². The molecule has 0 radical (unpaired) electrons. The maximum Gasteiger partial charge on any atom is 0.305 e. The standard InChI is InChI=1S/C17H19N5O3S/c1-3-6-13-18-21-17(26)22(13)9-14(23)19-20-16(24)15-10(2)11-7-4-5-8-12(11)25-15/h4-5,7-8H,3,6,9H2,1-2H3,(H,19,23)(H,20,24)(H,21,26). The van der Waals surface area contributed by atoms with Crippen LogP contribution in [0.3, 0.4) is 0 Å². The number of aromatic nitrogens is 3. The molecule has 0 fully saturated rings. The molecule has 0 spiro atoms. The molecule has 1 aromatic carbocycles. The van der Waals surface area contributed by atoms with E-state index in [0.29, 0.717) is 22.6 Å². The molecular formula is C17H19N5O3S. The Bertz CT molecular complexity index is 1020. The fourth-order valence-electron chi connectivity index (χ4n) is 2.69. The highest BCUT2D eigenvalue weighted by Crippen LogP contribution is 2.24. The lowest BCUT2D eigenvalue weighted by atomic mass is 10.1. The third-order valence-electron chi connectivity index (χ3n) is 3.98. The van der Waals surface area contributed by atoms with Crippen LogP contribution in [0.4, 0.5) is 0 Å². The Morgan fingerprint density at radius 2 is 2.08 bits per heavy atom. The number of rotatable bonds is 5. The molecule has 0 saturated heterocycles. The highest BCUT2D eigenvalue weighted by atomic mass is 32.1. The fraction of sp³-hybridized carbons (Fsp3) is 0.294. The predicted octanol–water partition coefficient (Wildman–Crippen LogP) is 2.41.